The maximum atomic E-state index is 5.53. The third-order valence-corrected chi connectivity index (χ3v) is 6.34. The molecule has 4 rings (SSSR count). The minimum atomic E-state index is 0. The number of aliphatic imine (C=N–C) groups is 1. The largest absolute Gasteiger partial charge is 0.381 e. The lowest BCUT2D eigenvalue weighted by Crippen LogP contribution is -2.49. The first kappa shape index (κ1) is 24.3. The Balaban J connectivity index is 0.00000272. The fourth-order valence-electron chi connectivity index (χ4n) is 4.66. The molecule has 0 spiro atoms. The second-order valence-corrected chi connectivity index (χ2v) is 8.60. The number of hydrogen-bond acceptors (Lipinski definition) is 3. The van der Waals surface area contributed by atoms with E-state index in [2.05, 4.69) is 64.9 Å². The molecule has 1 unspecified atom stereocenters. The zero-order valence-corrected chi connectivity index (χ0v) is 21.0. The first-order valence-electron chi connectivity index (χ1n) is 11.6. The SMILES string of the molecule is CCNC(=NCCc1cccc2ccccc12)NC1CCN(CC2CCOC2)CC1.I. The maximum Gasteiger partial charge on any atom is 0.191 e. The maximum absolute atomic E-state index is 5.53. The van der Waals surface area contributed by atoms with Gasteiger partial charge >= 0.3 is 0 Å². The van der Waals surface area contributed by atoms with E-state index in [1.165, 1.54) is 55.2 Å². The molecule has 5 nitrogen and oxygen atoms in total. The number of fused-ring (bicyclic) bond motifs is 1. The monoisotopic (exact) mass is 536 g/mol. The first-order chi connectivity index (χ1) is 14.8. The number of rotatable bonds is 7. The Kier molecular flexibility index (Phi) is 9.87. The molecule has 0 aliphatic carbocycles. The Labute approximate surface area is 204 Å². The predicted molar refractivity (Wildman–Crippen MR) is 141 cm³/mol. The molecule has 2 heterocycles. The van der Waals surface area contributed by atoms with Gasteiger partial charge in [0.15, 0.2) is 5.96 Å². The Hall–Kier alpha value is -1.38. The summed E-state index contributed by atoms with van der Waals surface area (Å²) in [6.07, 6.45) is 4.55. The van der Waals surface area contributed by atoms with Crippen LogP contribution in [-0.2, 0) is 11.2 Å². The van der Waals surface area contributed by atoms with E-state index in [0.717, 1.165) is 44.6 Å². The van der Waals surface area contributed by atoms with Crippen molar-refractivity contribution in [2.24, 2.45) is 10.9 Å². The lowest BCUT2D eigenvalue weighted by molar-refractivity contribution is 0.150. The van der Waals surface area contributed by atoms with Crippen LogP contribution in [0.25, 0.3) is 10.8 Å². The van der Waals surface area contributed by atoms with Crippen LogP contribution in [0.2, 0.25) is 0 Å². The van der Waals surface area contributed by atoms with Gasteiger partial charge in [-0.3, -0.25) is 4.99 Å². The summed E-state index contributed by atoms with van der Waals surface area (Å²) in [6, 6.07) is 15.7. The van der Waals surface area contributed by atoms with E-state index in [4.69, 9.17) is 9.73 Å². The molecule has 0 radical (unpaired) electrons. The van der Waals surface area contributed by atoms with Crippen LogP contribution < -0.4 is 10.6 Å². The van der Waals surface area contributed by atoms with Crippen LogP contribution in [0.1, 0.15) is 31.7 Å². The molecule has 0 saturated carbocycles. The average molecular weight is 537 g/mol. The van der Waals surface area contributed by atoms with Crippen molar-refractivity contribution in [1.29, 1.82) is 0 Å². The van der Waals surface area contributed by atoms with Gasteiger partial charge < -0.3 is 20.3 Å². The molecule has 2 aliphatic rings. The van der Waals surface area contributed by atoms with Crippen molar-refractivity contribution in [3.05, 3.63) is 48.0 Å². The summed E-state index contributed by atoms with van der Waals surface area (Å²) in [6.45, 7) is 9.26. The molecule has 0 aromatic heterocycles. The van der Waals surface area contributed by atoms with E-state index < -0.39 is 0 Å². The van der Waals surface area contributed by atoms with Gasteiger partial charge in [0.25, 0.3) is 0 Å². The van der Waals surface area contributed by atoms with Gasteiger partial charge in [0.05, 0.1) is 6.61 Å². The van der Waals surface area contributed by atoms with Crippen molar-refractivity contribution in [3.63, 3.8) is 0 Å². The number of halogens is 1. The van der Waals surface area contributed by atoms with Crippen LogP contribution in [0.5, 0.6) is 0 Å². The van der Waals surface area contributed by atoms with Crippen LogP contribution >= 0.6 is 24.0 Å². The number of hydrogen-bond donors (Lipinski definition) is 2. The van der Waals surface area contributed by atoms with Crippen LogP contribution in [-0.4, -0.2) is 62.8 Å². The molecule has 6 heteroatoms. The van der Waals surface area contributed by atoms with Crippen molar-refractivity contribution in [2.75, 3.05) is 45.9 Å². The summed E-state index contributed by atoms with van der Waals surface area (Å²) >= 11 is 0. The summed E-state index contributed by atoms with van der Waals surface area (Å²) in [5, 5.41) is 9.76. The van der Waals surface area contributed by atoms with E-state index in [9.17, 15) is 0 Å². The number of nitrogens with one attached hydrogen (secondary N) is 2. The van der Waals surface area contributed by atoms with Crippen molar-refractivity contribution in [3.8, 4) is 0 Å². The van der Waals surface area contributed by atoms with Crippen molar-refractivity contribution >= 4 is 40.7 Å². The van der Waals surface area contributed by atoms with Crippen LogP contribution in [0.4, 0.5) is 0 Å². The molecule has 2 saturated heterocycles. The number of nitrogens with zero attached hydrogens (tertiary/aromatic N) is 2. The van der Waals surface area contributed by atoms with Gasteiger partial charge in [-0.2, -0.15) is 0 Å². The van der Waals surface area contributed by atoms with Crippen LogP contribution in [0.3, 0.4) is 0 Å². The van der Waals surface area contributed by atoms with Gasteiger partial charge in [-0.1, -0.05) is 42.5 Å². The van der Waals surface area contributed by atoms with Crippen molar-refractivity contribution < 1.29 is 4.74 Å². The molecule has 0 bridgehead atoms. The van der Waals surface area contributed by atoms with Gasteiger partial charge in [-0.25, -0.2) is 0 Å². The molecular weight excluding hydrogens is 499 g/mol. The quantitative estimate of drug-likeness (QED) is 0.319. The third-order valence-electron chi connectivity index (χ3n) is 6.34. The molecular formula is C25H37IN4O. The average Bonchev–Trinajstić information content (AvgIpc) is 3.28. The minimum Gasteiger partial charge on any atom is -0.381 e. The molecule has 2 aliphatic heterocycles. The molecule has 0 amide bonds. The highest BCUT2D eigenvalue weighted by Gasteiger charge is 2.24. The van der Waals surface area contributed by atoms with Crippen molar-refractivity contribution in [2.45, 2.75) is 38.6 Å². The van der Waals surface area contributed by atoms with Gasteiger partial charge in [-0.05, 0) is 54.9 Å². The zero-order valence-electron chi connectivity index (χ0n) is 18.7. The number of guanidine groups is 1. The van der Waals surface area contributed by atoms with E-state index in [1.54, 1.807) is 0 Å². The Morgan fingerprint density at radius 3 is 2.68 bits per heavy atom. The van der Waals surface area contributed by atoms with Crippen molar-refractivity contribution in [1.82, 2.24) is 15.5 Å². The lowest BCUT2D eigenvalue weighted by atomic mass is 10.0. The summed E-state index contributed by atoms with van der Waals surface area (Å²) in [7, 11) is 0. The number of likely N-dealkylation sites (tertiary alicyclic amines) is 1. The molecule has 2 aromatic rings. The zero-order chi connectivity index (χ0) is 20.6. The highest BCUT2D eigenvalue weighted by molar-refractivity contribution is 14.0. The Morgan fingerprint density at radius 1 is 1.10 bits per heavy atom. The standard InChI is InChI=1S/C25H36N4O.HI/c1-2-26-25(27-14-10-22-8-5-7-21-6-3-4-9-24(21)22)28-23-11-15-29(16-12-23)18-20-13-17-30-19-20;/h3-9,20,23H,2,10-19H2,1H3,(H2,26,27,28);1H. The molecule has 2 aromatic carbocycles. The fraction of sp³-hybridized carbons (Fsp3) is 0.560. The lowest BCUT2D eigenvalue weighted by Gasteiger charge is -2.34. The molecule has 1 atom stereocenters. The molecule has 2 N–H and O–H groups in total. The van der Waals surface area contributed by atoms with Gasteiger partial charge in [0.2, 0.25) is 0 Å². The highest BCUT2D eigenvalue weighted by Crippen LogP contribution is 2.19. The molecule has 31 heavy (non-hydrogen) atoms. The van der Waals surface area contributed by atoms with E-state index in [-0.39, 0.29) is 24.0 Å². The van der Waals surface area contributed by atoms with E-state index in [0.29, 0.717) is 6.04 Å². The number of benzene rings is 2. The Bertz CT molecular complexity index is 824. The normalized spacial score (nSPS) is 20.5. The fourth-order valence-corrected chi connectivity index (χ4v) is 4.66. The second-order valence-electron chi connectivity index (χ2n) is 8.60. The van der Waals surface area contributed by atoms with E-state index >= 15 is 0 Å². The minimum absolute atomic E-state index is 0. The third kappa shape index (κ3) is 7.05. The van der Waals surface area contributed by atoms with Crippen LogP contribution in [0.15, 0.2) is 47.5 Å². The Morgan fingerprint density at radius 2 is 1.90 bits per heavy atom. The number of piperidine rings is 1. The summed E-state index contributed by atoms with van der Waals surface area (Å²) in [5.74, 6) is 1.70. The van der Waals surface area contributed by atoms with Gasteiger partial charge in [0, 0.05) is 45.4 Å². The molecule has 2 fully saturated rings. The predicted octanol–water partition coefficient (Wildman–Crippen LogP) is 4.06. The summed E-state index contributed by atoms with van der Waals surface area (Å²) < 4.78 is 5.53. The second kappa shape index (κ2) is 12.6. The molecule has 170 valence electrons. The van der Waals surface area contributed by atoms with E-state index in [1.807, 2.05) is 0 Å². The topological polar surface area (TPSA) is 48.9 Å². The summed E-state index contributed by atoms with van der Waals surface area (Å²) in [4.78, 5) is 7.49. The smallest absolute Gasteiger partial charge is 0.191 e. The number of ether oxygens (including phenoxy) is 1. The van der Waals surface area contributed by atoms with Gasteiger partial charge in [0.1, 0.15) is 0 Å². The van der Waals surface area contributed by atoms with Crippen LogP contribution in [0, 0.1) is 5.92 Å². The highest BCUT2D eigenvalue weighted by atomic mass is 127. The first-order valence-corrected chi connectivity index (χ1v) is 11.6. The van der Waals surface area contributed by atoms with Gasteiger partial charge in [-0.15, -0.1) is 24.0 Å². The summed E-state index contributed by atoms with van der Waals surface area (Å²) in [5.41, 5.74) is 1.37.